The lowest BCUT2D eigenvalue weighted by atomic mass is 10.1. The fourth-order valence-electron chi connectivity index (χ4n) is 3.52. The zero-order valence-electron chi connectivity index (χ0n) is 17.8. The molecule has 0 spiro atoms. The van der Waals surface area contributed by atoms with Crippen LogP contribution in [0, 0.1) is 0 Å². The number of fused-ring (bicyclic) bond motifs is 1. The Bertz CT molecular complexity index is 1240. The first-order chi connectivity index (χ1) is 15.9. The second-order valence-electron chi connectivity index (χ2n) is 7.18. The molecule has 1 aliphatic heterocycles. The van der Waals surface area contributed by atoms with Crippen LogP contribution >= 0.6 is 11.6 Å². The summed E-state index contributed by atoms with van der Waals surface area (Å²) in [4.78, 5) is 39.2. The van der Waals surface area contributed by atoms with Gasteiger partial charge in [0.15, 0.2) is 11.5 Å². The number of amides is 3. The van der Waals surface area contributed by atoms with E-state index in [4.69, 9.17) is 21.1 Å². The Hall–Kier alpha value is -4.04. The molecule has 0 bridgehead atoms. The van der Waals surface area contributed by atoms with Gasteiger partial charge in [0.1, 0.15) is 6.54 Å². The van der Waals surface area contributed by atoms with E-state index in [1.807, 2.05) is 0 Å². The first kappa shape index (κ1) is 22.2. The fourth-order valence-corrected chi connectivity index (χ4v) is 3.81. The second kappa shape index (κ2) is 9.22. The molecule has 0 aliphatic carbocycles. The van der Waals surface area contributed by atoms with Crippen LogP contribution in [-0.2, 0) is 4.79 Å². The van der Waals surface area contributed by atoms with Crippen LogP contribution in [0.3, 0.4) is 0 Å². The summed E-state index contributed by atoms with van der Waals surface area (Å²) in [7, 11) is 2.91. The second-order valence-corrected chi connectivity index (χ2v) is 7.59. The molecule has 0 fully saturated rings. The first-order valence-corrected chi connectivity index (χ1v) is 10.3. The van der Waals surface area contributed by atoms with Crippen molar-refractivity contribution in [1.82, 2.24) is 0 Å². The highest BCUT2D eigenvalue weighted by Crippen LogP contribution is 2.36. The van der Waals surface area contributed by atoms with Crippen LogP contribution in [0.25, 0.3) is 0 Å². The van der Waals surface area contributed by atoms with Gasteiger partial charge in [0.05, 0.1) is 30.6 Å². The van der Waals surface area contributed by atoms with E-state index in [0.29, 0.717) is 34.1 Å². The van der Waals surface area contributed by atoms with E-state index < -0.39 is 5.91 Å². The topological polar surface area (TPSA) is 97.0 Å². The standard InChI is InChI=1S/C24H20ClN3O5/c1-32-20-12-15(11-17(25)22(20)33-2)23(30)26-16-9-7-14(8-10-16)24(31)28-13-21(29)27-18-5-3-4-6-19(18)28/h3-12H,13H2,1-2H3,(H,26,30)(H,27,29). The number of halogens is 1. The SMILES string of the molecule is COc1cc(C(=O)Nc2ccc(C(=O)N3CC(=O)Nc4ccccc43)cc2)cc(Cl)c1OC. The summed E-state index contributed by atoms with van der Waals surface area (Å²) in [6, 6.07) is 16.5. The average molecular weight is 466 g/mol. The van der Waals surface area contributed by atoms with Crippen LogP contribution < -0.4 is 25.0 Å². The van der Waals surface area contributed by atoms with Gasteiger partial charge in [-0.1, -0.05) is 23.7 Å². The van der Waals surface area contributed by atoms with Crippen LogP contribution in [0.1, 0.15) is 20.7 Å². The van der Waals surface area contributed by atoms with Gasteiger partial charge < -0.3 is 20.1 Å². The maximum Gasteiger partial charge on any atom is 0.258 e. The summed E-state index contributed by atoms with van der Waals surface area (Å²) < 4.78 is 10.4. The lowest BCUT2D eigenvalue weighted by Crippen LogP contribution is -2.42. The molecular formula is C24H20ClN3O5. The number of methoxy groups -OCH3 is 2. The Balaban J connectivity index is 1.51. The third kappa shape index (κ3) is 4.47. The summed E-state index contributed by atoms with van der Waals surface area (Å²) in [5, 5.41) is 5.76. The minimum Gasteiger partial charge on any atom is -0.493 e. The molecule has 1 heterocycles. The minimum atomic E-state index is -0.404. The molecule has 3 amide bonds. The van der Waals surface area contributed by atoms with E-state index >= 15 is 0 Å². The van der Waals surface area contributed by atoms with Crippen molar-refractivity contribution in [3.8, 4) is 11.5 Å². The van der Waals surface area contributed by atoms with E-state index in [9.17, 15) is 14.4 Å². The van der Waals surface area contributed by atoms with Crippen molar-refractivity contribution in [2.75, 3.05) is 36.3 Å². The van der Waals surface area contributed by atoms with Gasteiger partial charge in [-0.05, 0) is 48.5 Å². The molecule has 0 aromatic heterocycles. The van der Waals surface area contributed by atoms with Crippen molar-refractivity contribution in [2.24, 2.45) is 0 Å². The molecule has 3 aromatic rings. The lowest BCUT2D eigenvalue weighted by molar-refractivity contribution is -0.115. The molecule has 0 saturated heterocycles. The molecule has 8 nitrogen and oxygen atoms in total. The van der Waals surface area contributed by atoms with E-state index in [1.165, 1.54) is 31.3 Å². The molecule has 33 heavy (non-hydrogen) atoms. The Morgan fingerprint density at radius 1 is 1.00 bits per heavy atom. The molecule has 0 radical (unpaired) electrons. The molecular weight excluding hydrogens is 446 g/mol. The number of ether oxygens (including phenoxy) is 2. The number of para-hydroxylation sites is 2. The zero-order valence-corrected chi connectivity index (χ0v) is 18.6. The van der Waals surface area contributed by atoms with E-state index in [-0.39, 0.29) is 28.9 Å². The summed E-state index contributed by atoms with van der Waals surface area (Å²) in [6.07, 6.45) is 0. The number of carbonyl (C=O) groups excluding carboxylic acids is 3. The maximum absolute atomic E-state index is 13.0. The molecule has 9 heteroatoms. The van der Waals surface area contributed by atoms with Crippen molar-refractivity contribution in [1.29, 1.82) is 0 Å². The van der Waals surface area contributed by atoms with Crippen LogP contribution in [-0.4, -0.2) is 38.5 Å². The highest BCUT2D eigenvalue weighted by atomic mass is 35.5. The van der Waals surface area contributed by atoms with E-state index in [2.05, 4.69) is 10.6 Å². The fraction of sp³-hybridized carbons (Fsp3) is 0.125. The predicted molar refractivity (Wildman–Crippen MR) is 126 cm³/mol. The molecule has 3 aromatic carbocycles. The van der Waals surface area contributed by atoms with E-state index in [1.54, 1.807) is 48.5 Å². The average Bonchev–Trinajstić information content (AvgIpc) is 2.82. The van der Waals surface area contributed by atoms with Crippen molar-refractivity contribution in [3.63, 3.8) is 0 Å². The summed E-state index contributed by atoms with van der Waals surface area (Å²) in [6.45, 7) is -0.0750. The highest BCUT2D eigenvalue weighted by Gasteiger charge is 2.27. The monoisotopic (exact) mass is 465 g/mol. The Labute approximate surface area is 195 Å². The van der Waals surface area contributed by atoms with Gasteiger partial charge in [-0.2, -0.15) is 0 Å². The van der Waals surface area contributed by atoms with Crippen LogP contribution in [0.2, 0.25) is 5.02 Å². The molecule has 1 aliphatic rings. The normalized spacial score (nSPS) is 12.5. The number of hydrogen-bond donors (Lipinski definition) is 2. The third-order valence-electron chi connectivity index (χ3n) is 5.10. The van der Waals surface area contributed by atoms with Crippen molar-refractivity contribution < 1.29 is 23.9 Å². The van der Waals surface area contributed by atoms with Crippen LogP contribution in [0.4, 0.5) is 17.1 Å². The highest BCUT2D eigenvalue weighted by molar-refractivity contribution is 6.32. The Kier molecular flexibility index (Phi) is 6.19. The van der Waals surface area contributed by atoms with Gasteiger partial charge in [0.2, 0.25) is 5.91 Å². The molecule has 2 N–H and O–H groups in total. The van der Waals surface area contributed by atoms with Gasteiger partial charge >= 0.3 is 0 Å². The van der Waals surface area contributed by atoms with Crippen LogP contribution in [0.15, 0.2) is 60.7 Å². The number of benzene rings is 3. The number of nitrogens with one attached hydrogen (secondary N) is 2. The van der Waals surface area contributed by atoms with Crippen molar-refractivity contribution in [3.05, 3.63) is 76.8 Å². The van der Waals surface area contributed by atoms with Gasteiger partial charge in [-0.3, -0.25) is 19.3 Å². The third-order valence-corrected chi connectivity index (χ3v) is 5.38. The number of carbonyl (C=O) groups is 3. The summed E-state index contributed by atoms with van der Waals surface area (Å²) in [5.41, 5.74) is 2.36. The predicted octanol–water partition coefficient (Wildman–Crippen LogP) is 4.21. The smallest absolute Gasteiger partial charge is 0.258 e. The lowest BCUT2D eigenvalue weighted by Gasteiger charge is -2.29. The molecule has 0 unspecified atom stereocenters. The van der Waals surface area contributed by atoms with E-state index in [0.717, 1.165) is 0 Å². The Morgan fingerprint density at radius 2 is 1.73 bits per heavy atom. The maximum atomic E-state index is 13.0. The van der Waals surface area contributed by atoms with Gasteiger partial charge in [0, 0.05) is 16.8 Å². The minimum absolute atomic E-state index is 0.0750. The van der Waals surface area contributed by atoms with Gasteiger partial charge in [-0.15, -0.1) is 0 Å². The molecule has 4 rings (SSSR count). The largest absolute Gasteiger partial charge is 0.493 e. The quantitative estimate of drug-likeness (QED) is 0.588. The van der Waals surface area contributed by atoms with Gasteiger partial charge in [0.25, 0.3) is 11.8 Å². The van der Waals surface area contributed by atoms with Gasteiger partial charge in [-0.25, -0.2) is 0 Å². The summed E-state index contributed by atoms with van der Waals surface area (Å²) >= 11 is 6.18. The zero-order chi connectivity index (χ0) is 23.5. The molecule has 0 saturated carbocycles. The number of anilines is 3. The van der Waals surface area contributed by atoms with Crippen molar-refractivity contribution >= 4 is 46.4 Å². The Morgan fingerprint density at radius 3 is 2.42 bits per heavy atom. The molecule has 168 valence electrons. The summed E-state index contributed by atoms with van der Waals surface area (Å²) in [5.74, 6) is -0.312. The number of hydrogen-bond acceptors (Lipinski definition) is 5. The van der Waals surface area contributed by atoms with Crippen LogP contribution in [0.5, 0.6) is 11.5 Å². The number of rotatable bonds is 5. The molecule has 0 atom stereocenters. The van der Waals surface area contributed by atoms with Crippen molar-refractivity contribution in [2.45, 2.75) is 0 Å². The number of nitrogens with zero attached hydrogens (tertiary/aromatic N) is 1. The first-order valence-electron chi connectivity index (χ1n) is 9.95.